The highest BCUT2D eigenvalue weighted by Crippen LogP contribution is 2.22. The molecule has 0 unspecified atom stereocenters. The molecule has 78 valence electrons. The van der Waals surface area contributed by atoms with E-state index < -0.39 is 0 Å². The summed E-state index contributed by atoms with van der Waals surface area (Å²) in [5.41, 5.74) is 7.50. The van der Waals surface area contributed by atoms with Gasteiger partial charge in [0.1, 0.15) is 5.75 Å². The van der Waals surface area contributed by atoms with Gasteiger partial charge in [-0.3, -0.25) is 0 Å². The van der Waals surface area contributed by atoms with Crippen molar-refractivity contribution in [2.45, 2.75) is 6.54 Å². The molecule has 0 radical (unpaired) electrons. The first-order valence-electron chi connectivity index (χ1n) is 4.35. The smallest absolute Gasteiger partial charge is 0.141 e. The van der Waals surface area contributed by atoms with E-state index in [1.54, 1.807) is 19.3 Å². The van der Waals surface area contributed by atoms with E-state index in [0.717, 1.165) is 5.56 Å². The zero-order valence-corrected chi connectivity index (χ0v) is 8.78. The number of hydroxylamine groups is 2. The normalized spacial score (nSPS) is 10.6. The number of rotatable bonds is 4. The van der Waals surface area contributed by atoms with E-state index >= 15 is 0 Å². The maximum atomic E-state index is 5.76. The Labute approximate surface area is 84.2 Å². The molecule has 1 rings (SSSR count). The number of anilines is 1. The van der Waals surface area contributed by atoms with Crippen LogP contribution >= 0.6 is 0 Å². The minimum Gasteiger partial charge on any atom is -0.495 e. The van der Waals surface area contributed by atoms with E-state index in [1.165, 1.54) is 0 Å². The van der Waals surface area contributed by atoms with Crippen LogP contribution in [0, 0.1) is 0 Å². The number of ether oxygens (including phenoxy) is 1. The topological polar surface area (TPSA) is 47.7 Å². The molecule has 0 saturated heterocycles. The molecule has 0 saturated carbocycles. The maximum absolute atomic E-state index is 5.76. The van der Waals surface area contributed by atoms with Crippen LogP contribution < -0.4 is 10.5 Å². The van der Waals surface area contributed by atoms with Crippen LogP contribution in [0.2, 0.25) is 0 Å². The number of benzene rings is 1. The van der Waals surface area contributed by atoms with Gasteiger partial charge in [0.05, 0.1) is 19.9 Å². The van der Waals surface area contributed by atoms with Gasteiger partial charge in [0.15, 0.2) is 0 Å². The molecule has 0 aromatic heterocycles. The van der Waals surface area contributed by atoms with Crippen molar-refractivity contribution in [2.24, 2.45) is 0 Å². The van der Waals surface area contributed by atoms with Gasteiger partial charge in [-0.1, -0.05) is 6.07 Å². The fourth-order valence-corrected chi connectivity index (χ4v) is 1.20. The highest BCUT2D eigenvalue weighted by molar-refractivity contribution is 5.54. The fourth-order valence-electron chi connectivity index (χ4n) is 1.20. The zero-order valence-electron chi connectivity index (χ0n) is 8.78. The summed E-state index contributed by atoms with van der Waals surface area (Å²) in [5.74, 6) is 0.703. The summed E-state index contributed by atoms with van der Waals surface area (Å²) in [6.07, 6.45) is 0. The molecule has 0 aliphatic heterocycles. The summed E-state index contributed by atoms with van der Waals surface area (Å²) in [6, 6.07) is 5.70. The van der Waals surface area contributed by atoms with Crippen LogP contribution in [0.15, 0.2) is 18.2 Å². The molecular formula is C10H16N2O2. The van der Waals surface area contributed by atoms with Gasteiger partial charge in [-0.15, -0.1) is 0 Å². The maximum Gasteiger partial charge on any atom is 0.141 e. The molecule has 0 aliphatic rings. The van der Waals surface area contributed by atoms with Crippen LogP contribution in [0.1, 0.15) is 5.56 Å². The van der Waals surface area contributed by atoms with Crippen LogP contribution in [-0.2, 0) is 11.4 Å². The third-order valence-corrected chi connectivity index (χ3v) is 2.01. The van der Waals surface area contributed by atoms with E-state index in [1.807, 2.05) is 25.2 Å². The minimum absolute atomic E-state index is 0.648. The lowest BCUT2D eigenvalue weighted by Crippen LogP contribution is -2.15. The molecule has 1 aromatic carbocycles. The van der Waals surface area contributed by atoms with Crippen molar-refractivity contribution in [1.29, 1.82) is 0 Å². The van der Waals surface area contributed by atoms with Gasteiger partial charge in [-0.25, -0.2) is 0 Å². The van der Waals surface area contributed by atoms with E-state index in [9.17, 15) is 0 Å². The predicted octanol–water partition coefficient (Wildman–Crippen LogP) is 1.27. The van der Waals surface area contributed by atoms with Gasteiger partial charge in [0, 0.05) is 13.6 Å². The van der Waals surface area contributed by atoms with Gasteiger partial charge >= 0.3 is 0 Å². The summed E-state index contributed by atoms with van der Waals surface area (Å²) >= 11 is 0. The Morgan fingerprint density at radius 3 is 2.57 bits per heavy atom. The first-order valence-corrected chi connectivity index (χ1v) is 4.35. The molecule has 4 heteroatoms. The Morgan fingerprint density at radius 2 is 2.07 bits per heavy atom. The van der Waals surface area contributed by atoms with Crippen LogP contribution in [0.25, 0.3) is 0 Å². The zero-order chi connectivity index (χ0) is 10.6. The van der Waals surface area contributed by atoms with Crippen molar-refractivity contribution in [3.05, 3.63) is 23.8 Å². The lowest BCUT2D eigenvalue weighted by atomic mass is 10.2. The Morgan fingerprint density at radius 1 is 1.36 bits per heavy atom. The van der Waals surface area contributed by atoms with Crippen LogP contribution in [0.4, 0.5) is 5.69 Å². The summed E-state index contributed by atoms with van der Waals surface area (Å²) in [5, 5.41) is 1.72. The van der Waals surface area contributed by atoms with E-state index in [0.29, 0.717) is 18.0 Å². The Kier molecular flexibility index (Phi) is 3.73. The van der Waals surface area contributed by atoms with Crippen molar-refractivity contribution in [1.82, 2.24) is 5.06 Å². The van der Waals surface area contributed by atoms with Crippen molar-refractivity contribution in [3.8, 4) is 5.75 Å². The minimum atomic E-state index is 0.648. The van der Waals surface area contributed by atoms with Gasteiger partial charge in [0.2, 0.25) is 0 Å². The molecule has 14 heavy (non-hydrogen) atoms. The molecule has 0 heterocycles. The lowest BCUT2D eigenvalue weighted by Gasteiger charge is -2.14. The number of hydrogen-bond acceptors (Lipinski definition) is 4. The van der Waals surface area contributed by atoms with E-state index in [4.69, 9.17) is 15.3 Å². The van der Waals surface area contributed by atoms with Crippen molar-refractivity contribution >= 4 is 5.69 Å². The number of methoxy groups -OCH3 is 1. The van der Waals surface area contributed by atoms with Gasteiger partial charge in [-0.05, 0) is 17.7 Å². The summed E-state index contributed by atoms with van der Waals surface area (Å²) in [6.45, 7) is 0.699. The largest absolute Gasteiger partial charge is 0.495 e. The molecule has 2 N–H and O–H groups in total. The Bertz CT molecular complexity index is 302. The third kappa shape index (κ3) is 2.61. The molecule has 0 atom stereocenters. The van der Waals surface area contributed by atoms with Crippen molar-refractivity contribution < 1.29 is 9.57 Å². The molecule has 0 fully saturated rings. The lowest BCUT2D eigenvalue weighted by molar-refractivity contribution is -0.116. The van der Waals surface area contributed by atoms with Gasteiger partial charge in [-0.2, -0.15) is 5.06 Å². The molecule has 0 aliphatic carbocycles. The predicted molar refractivity (Wildman–Crippen MR) is 55.9 cm³/mol. The number of hydrogen-bond donors (Lipinski definition) is 1. The third-order valence-electron chi connectivity index (χ3n) is 2.01. The van der Waals surface area contributed by atoms with Crippen molar-refractivity contribution in [2.75, 3.05) is 27.0 Å². The molecule has 0 bridgehead atoms. The second-order valence-corrected chi connectivity index (χ2v) is 3.04. The molecule has 0 spiro atoms. The van der Waals surface area contributed by atoms with Gasteiger partial charge < -0.3 is 15.3 Å². The molecular weight excluding hydrogens is 180 g/mol. The van der Waals surface area contributed by atoms with Crippen LogP contribution in [-0.4, -0.2) is 26.3 Å². The second-order valence-electron chi connectivity index (χ2n) is 3.04. The Hall–Kier alpha value is -1.26. The average molecular weight is 196 g/mol. The summed E-state index contributed by atoms with van der Waals surface area (Å²) in [4.78, 5) is 5.01. The average Bonchev–Trinajstić information content (AvgIpc) is 2.18. The van der Waals surface area contributed by atoms with Crippen LogP contribution in [0.5, 0.6) is 5.75 Å². The van der Waals surface area contributed by atoms with E-state index in [2.05, 4.69) is 0 Å². The quantitative estimate of drug-likeness (QED) is 0.582. The molecule has 0 amide bonds. The van der Waals surface area contributed by atoms with Crippen LogP contribution in [0.3, 0.4) is 0 Å². The first kappa shape index (κ1) is 10.8. The summed E-state index contributed by atoms with van der Waals surface area (Å²) in [7, 11) is 5.10. The molecule has 4 nitrogen and oxygen atoms in total. The second kappa shape index (κ2) is 4.83. The SMILES string of the molecule is COc1ccc(CN(C)OC)cc1N. The van der Waals surface area contributed by atoms with E-state index in [-0.39, 0.29) is 0 Å². The summed E-state index contributed by atoms with van der Waals surface area (Å²) < 4.78 is 5.06. The highest BCUT2D eigenvalue weighted by atomic mass is 16.7. The number of nitrogens with zero attached hydrogens (tertiary/aromatic N) is 1. The Balaban J connectivity index is 2.76. The monoisotopic (exact) mass is 196 g/mol. The number of nitrogen functional groups attached to an aromatic ring is 1. The first-order chi connectivity index (χ1) is 6.67. The fraction of sp³-hybridized carbons (Fsp3) is 0.400. The standard InChI is InChI=1S/C10H16N2O2/c1-12(14-3)7-8-4-5-10(13-2)9(11)6-8/h4-6H,7,11H2,1-3H3. The number of nitrogens with two attached hydrogens (primary N) is 1. The highest BCUT2D eigenvalue weighted by Gasteiger charge is 2.02. The molecule has 1 aromatic rings. The van der Waals surface area contributed by atoms with Gasteiger partial charge in [0.25, 0.3) is 0 Å². The van der Waals surface area contributed by atoms with Crippen molar-refractivity contribution in [3.63, 3.8) is 0 Å².